The van der Waals surface area contributed by atoms with E-state index in [1.165, 1.54) is 62.3 Å². The topological polar surface area (TPSA) is 95.3 Å². The van der Waals surface area contributed by atoms with E-state index >= 15 is 0 Å². The molecule has 1 aliphatic rings. The largest absolute Gasteiger partial charge is 0.497 e. The van der Waals surface area contributed by atoms with Gasteiger partial charge in [-0.3, -0.25) is 4.79 Å². The van der Waals surface area contributed by atoms with Gasteiger partial charge in [0.25, 0.3) is 0 Å². The first-order valence-corrected chi connectivity index (χ1v) is 14.6. The number of rotatable bonds is 11. The van der Waals surface area contributed by atoms with Crippen LogP contribution in [-0.4, -0.2) is 46.6 Å². The summed E-state index contributed by atoms with van der Waals surface area (Å²) in [5, 5.41) is 14.7. The van der Waals surface area contributed by atoms with E-state index in [9.17, 15) is 9.59 Å². The number of hydrogen-bond donors (Lipinski definition) is 1. The van der Waals surface area contributed by atoms with Gasteiger partial charge < -0.3 is 19.4 Å². The number of carbonyl (C=O) groups is 2. The van der Waals surface area contributed by atoms with Crippen molar-refractivity contribution >= 4 is 40.0 Å². The maximum Gasteiger partial charge on any atom is 0.341 e. The SMILES string of the molecule is CCn1c(CCC2CCCCC2)nnc1SCC(=O)Nc1scc(-c2ccc(OC)cc2)c1C(=O)OC. The summed E-state index contributed by atoms with van der Waals surface area (Å²) < 4.78 is 12.3. The second kappa shape index (κ2) is 13.1. The van der Waals surface area contributed by atoms with Crippen LogP contribution in [0, 0.1) is 5.92 Å². The highest BCUT2D eigenvalue weighted by atomic mass is 32.2. The van der Waals surface area contributed by atoms with Crippen molar-refractivity contribution in [3.8, 4) is 16.9 Å². The normalized spacial score (nSPS) is 13.9. The lowest BCUT2D eigenvalue weighted by Gasteiger charge is -2.21. The average molecular weight is 543 g/mol. The molecule has 10 heteroatoms. The summed E-state index contributed by atoms with van der Waals surface area (Å²) in [7, 11) is 2.94. The number of hydrogen-bond acceptors (Lipinski definition) is 8. The number of thiophene rings is 1. The van der Waals surface area contributed by atoms with Crippen LogP contribution in [-0.2, 0) is 22.5 Å². The Morgan fingerprint density at radius 1 is 1.14 bits per heavy atom. The minimum Gasteiger partial charge on any atom is -0.497 e. The number of benzene rings is 1. The summed E-state index contributed by atoms with van der Waals surface area (Å²) in [6, 6.07) is 7.41. The number of methoxy groups -OCH3 is 2. The van der Waals surface area contributed by atoms with Crippen LogP contribution in [0.15, 0.2) is 34.8 Å². The van der Waals surface area contributed by atoms with Crippen LogP contribution < -0.4 is 10.1 Å². The van der Waals surface area contributed by atoms with Crippen LogP contribution in [0.4, 0.5) is 5.00 Å². The van der Waals surface area contributed by atoms with Crippen LogP contribution >= 0.6 is 23.1 Å². The van der Waals surface area contributed by atoms with E-state index in [2.05, 4.69) is 27.0 Å². The molecule has 2 heterocycles. The number of thioether (sulfide) groups is 1. The van der Waals surface area contributed by atoms with Gasteiger partial charge in [0, 0.05) is 23.9 Å². The Labute approximate surface area is 226 Å². The molecule has 3 aromatic rings. The van der Waals surface area contributed by atoms with Crippen molar-refractivity contribution in [2.24, 2.45) is 5.92 Å². The van der Waals surface area contributed by atoms with Crippen molar-refractivity contribution in [2.45, 2.75) is 63.6 Å². The lowest BCUT2D eigenvalue weighted by atomic mass is 9.86. The van der Waals surface area contributed by atoms with Crippen molar-refractivity contribution in [2.75, 3.05) is 25.3 Å². The molecule has 1 N–H and O–H groups in total. The molecule has 0 unspecified atom stereocenters. The van der Waals surface area contributed by atoms with E-state index in [1.807, 2.05) is 29.6 Å². The number of esters is 1. The van der Waals surface area contributed by atoms with Gasteiger partial charge in [0.2, 0.25) is 5.91 Å². The molecular weight excluding hydrogens is 508 g/mol. The fourth-order valence-corrected chi connectivity index (χ4v) is 6.56. The molecule has 4 rings (SSSR count). The van der Waals surface area contributed by atoms with Gasteiger partial charge in [0.15, 0.2) is 5.16 Å². The number of amides is 1. The quantitative estimate of drug-likeness (QED) is 0.232. The van der Waals surface area contributed by atoms with Gasteiger partial charge in [-0.15, -0.1) is 21.5 Å². The third-order valence-electron chi connectivity index (χ3n) is 6.78. The molecule has 2 aromatic heterocycles. The molecule has 198 valence electrons. The molecule has 0 spiro atoms. The second-order valence-corrected chi connectivity index (χ2v) is 10.9. The molecule has 0 atom stereocenters. The van der Waals surface area contributed by atoms with E-state index in [-0.39, 0.29) is 11.7 Å². The molecule has 37 heavy (non-hydrogen) atoms. The summed E-state index contributed by atoms with van der Waals surface area (Å²) in [5.41, 5.74) is 1.89. The fraction of sp³-hybridized carbons (Fsp3) is 0.481. The highest BCUT2D eigenvalue weighted by molar-refractivity contribution is 7.99. The maximum atomic E-state index is 12.9. The molecule has 0 bridgehead atoms. The molecule has 1 saturated carbocycles. The molecule has 0 aliphatic heterocycles. The Kier molecular flexibility index (Phi) is 9.62. The molecule has 0 radical (unpaired) electrons. The standard InChI is InChI=1S/C27H34N4O4S2/c1-4-31-22(15-10-18-8-6-5-7-9-18)29-30-27(31)37-17-23(32)28-25-24(26(33)35-3)21(16-36-25)19-11-13-20(34-2)14-12-19/h11-14,16,18H,4-10,15,17H2,1-3H3,(H,28,32). The highest BCUT2D eigenvalue weighted by Crippen LogP contribution is 2.37. The maximum absolute atomic E-state index is 12.9. The molecule has 1 aromatic carbocycles. The number of ether oxygens (including phenoxy) is 2. The Balaban J connectivity index is 1.40. The molecule has 1 amide bonds. The zero-order chi connectivity index (χ0) is 26.2. The Bertz CT molecular complexity index is 1200. The first-order chi connectivity index (χ1) is 18.0. The number of aryl methyl sites for hydroxylation is 1. The minimum atomic E-state index is -0.497. The fourth-order valence-electron chi connectivity index (χ4n) is 4.77. The van der Waals surface area contributed by atoms with Crippen molar-refractivity contribution in [3.05, 3.63) is 41.0 Å². The third-order valence-corrected chi connectivity index (χ3v) is 8.64. The van der Waals surface area contributed by atoms with Gasteiger partial charge in [0.1, 0.15) is 22.1 Å². The number of anilines is 1. The van der Waals surface area contributed by atoms with Crippen LogP contribution in [0.1, 0.15) is 61.6 Å². The summed E-state index contributed by atoms with van der Waals surface area (Å²) in [6.45, 7) is 2.84. The van der Waals surface area contributed by atoms with Crippen molar-refractivity contribution < 1.29 is 19.1 Å². The monoisotopic (exact) mass is 542 g/mol. The van der Waals surface area contributed by atoms with Crippen molar-refractivity contribution in [3.63, 3.8) is 0 Å². The van der Waals surface area contributed by atoms with E-state index in [0.29, 0.717) is 16.1 Å². The number of nitrogens with one attached hydrogen (secondary N) is 1. The first-order valence-electron chi connectivity index (χ1n) is 12.7. The van der Waals surface area contributed by atoms with Crippen LogP contribution in [0.3, 0.4) is 0 Å². The molecule has 8 nitrogen and oxygen atoms in total. The molecule has 0 saturated heterocycles. The highest BCUT2D eigenvalue weighted by Gasteiger charge is 2.23. The summed E-state index contributed by atoms with van der Waals surface area (Å²) in [5.74, 6) is 1.95. The van der Waals surface area contributed by atoms with Gasteiger partial charge in [-0.1, -0.05) is 56.0 Å². The van der Waals surface area contributed by atoms with Crippen LogP contribution in [0.5, 0.6) is 5.75 Å². The zero-order valence-electron chi connectivity index (χ0n) is 21.6. The zero-order valence-corrected chi connectivity index (χ0v) is 23.3. The van der Waals surface area contributed by atoms with Gasteiger partial charge in [0.05, 0.1) is 20.0 Å². The Morgan fingerprint density at radius 2 is 1.89 bits per heavy atom. The van der Waals surface area contributed by atoms with Crippen molar-refractivity contribution in [1.82, 2.24) is 14.8 Å². The summed E-state index contributed by atoms with van der Waals surface area (Å²) in [6.07, 6.45) is 8.74. The smallest absolute Gasteiger partial charge is 0.341 e. The summed E-state index contributed by atoms with van der Waals surface area (Å²) in [4.78, 5) is 25.5. The van der Waals surface area contributed by atoms with Gasteiger partial charge in [-0.05, 0) is 37.0 Å². The Hall–Kier alpha value is -2.85. The lowest BCUT2D eigenvalue weighted by molar-refractivity contribution is -0.113. The summed E-state index contributed by atoms with van der Waals surface area (Å²) >= 11 is 2.66. The third kappa shape index (κ3) is 6.73. The molecule has 1 fully saturated rings. The van der Waals surface area contributed by atoms with Crippen LogP contribution in [0.25, 0.3) is 11.1 Å². The van der Waals surface area contributed by atoms with Gasteiger partial charge in [-0.2, -0.15) is 0 Å². The minimum absolute atomic E-state index is 0.164. The average Bonchev–Trinajstić information content (AvgIpc) is 3.54. The number of aromatic nitrogens is 3. The van der Waals surface area contributed by atoms with E-state index in [4.69, 9.17) is 9.47 Å². The molecular formula is C27H34N4O4S2. The van der Waals surface area contributed by atoms with Gasteiger partial charge in [-0.25, -0.2) is 4.79 Å². The first kappa shape index (κ1) is 27.2. The van der Waals surface area contributed by atoms with E-state index in [1.54, 1.807) is 7.11 Å². The molecule has 1 aliphatic carbocycles. The van der Waals surface area contributed by atoms with E-state index in [0.717, 1.165) is 47.6 Å². The van der Waals surface area contributed by atoms with E-state index < -0.39 is 5.97 Å². The Morgan fingerprint density at radius 3 is 2.57 bits per heavy atom. The second-order valence-electron chi connectivity index (χ2n) is 9.10. The van der Waals surface area contributed by atoms with Gasteiger partial charge >= 0.3 is 5.97 Å². The predicted octanol–water partition coefficient (Wildman–Crippen LogP) is 6.07. The van der Waals surface area contributed by atoms with Crippen LogP contribution in [0.2, 0.25) is 0 Å². The number of carbonyl (C=O) groups excluding carboxylic acids is 2. The number of nitrogens with zero attached hydrogens (tertiary/aromatic N) is 3. The lowest BCUT2D eigenvalue weighted by Crippen LogP contribution is -2.16. The van der Waals surface area contributed by atoms with Crippen molar-refractivity contribution in [1.29, 1.82) is 0 Å². The predicted molar refractivity (Wildman–Crippen MR) is 148 cm³/mol.